The quantitative estimate of drug-likeness (QED) is 0.779. The van der Waals surface area contributed by atoms with Gasteiger partial charge in [-0.25, -0.2) is 0 Å². The Bertz CT molecular complexity index is 431. The predicted octanol–water partition coefficient (Wildman–Crippen LogP) is 2.76. The zero-order chi connectivity index (χ0) is 15.3. The fourth-order valence-electron chi connectivity index (χ4n) is 7.36. The summed E-state index contributed by atoms with van der Waals surface area (Å²) in [6.45, 7) is 5.30. The molecule has 0 aromatic heterocycles. The number of hydrogen-bond donors (Lipinski definition) is 2. The van der Waals surface area contributed by atoms with Crippen LogP contribution in [-0.2, 0) is 0 Å². The fourth-order valence-corrected chi connectivity index (χ4v) is 7.36. The van der Waals surface area contributed by atoms with Crippen molar-refractivity contribution >= 4 is 0 Å². The molecule has 0 aromatic rings. The van der Waals surface area contributed by atoms with E-state index in [1.54, 1.807) is 0 Å². The summed E-state index contributed by atoms with van der Waals surface area (Å²) in [5.74, 6) is 1.96. The Kier molecular flexibility index (Phi) is 3.95. The van der Waals surface area contributed by atoms with E-state index in [-0.39, 0.29) is 0 Å². The van der Waals surface area contributed by atoms with Gasteiger partial charge < -0.3 is 10.6 Å². The molecule has 23 heavy (non-hydrogen) atoms. The monoisotopic (exact) mass is 317 g/mol. The fraction of sp³-hybridized carbons (Fsp3) is 1.00. The summed E-state index contributed by atoms with van der Waals surface area (Å²) < 4.78 is 0. The highest BCUT2D eigenvalue weighted by molar-refractivity contribution is 5.14. The summed E-state index contributed by atoms with van der Waals surface area (Å²) in [6.07, 6.45) is 14.6. The van der Waals surface area contributed by atoms with Crippen LogP contribution in [0.2, 0.25) is 0 Å². The predicted molar refractivity (Wildman–Crippen MR) is 94.5 cm³/mol. The van der Waals surface area contributed by atoms with Gasteiger partial charge in [0.15, 0.2) is 0 Å². The molecule has 3 heteroatoms. The number of rotatable bonds is 1. The van der Waals surface area contributed by atoms with Crippen molar-refractivity contribution in [2.45, 2.75) is 82.3 Å². The number of piperidine rings is 4. The van der Waals surface area contributed by atoms with Crippen LogP contribution in [0.1, 0.15) is 64.2 Å². The Morgan fingerprint density at radius 2 is 1.74 bits per heavy atom. The molecule has 5 aliphatic rings. The minimum Gasteiger partial charge on any atom is -0.313 e. The summed E-state index contributed by atoms with van der Waals surface area (Å²) in [7, 11) is 0. The number of hydrogen-bond acceptors (Lipinski definition) is 3. The van der Waals surface area contributed by atoms with Crippen LogP contribution in [0.15, 0.2) is 0 Å². The van der Waals surface area contributed by atoms with Crippen LogP contribution in [0.25, 0.3) is 0 Å². The molecule has 1 aliphatic carbocycles. The second-order valence-electron chi connectivity index (χ2n) is 9.30. The minimum atomic E-state index is 0.530. The van der Waals surface area contributed by atoms with Crippen LogP contribution in [-0.4, -0.2) is 49.2 Å². The number of nitrogens with zero attached hydrogens (tertiary/aromatic N) is 1. The Morgan fingerprint density at radius 3 is 2.65 bits per heavy atom. The second-order valence-corrected chi connectivity index (χ2v) is 9.30. The third-order valence-electron chi connectivity index (χ3n) is 8.16. The van der Waals surface area contributed by atoms with E-state index in [1.165, 1.54) is 90.4 Å². The smallest absolute Gasteiger partial charge is 0.0179 e. The van der Waals surface area contributed by atoms with Crippen LogP contribution in [0.4, 0.5) is 0 Å². The molecule has 1 saturated carbocycles. The summed E-state index contributed by atoms with van der Waals surface area (Å²) in [6, 6.07) is 2.51. The molecule has 4 saturated heterocycles. The zero-order valence-corrected chi connectivity index (χ0v) is 14.7. The Labute approximate surface area is 142 Å². The van der Waals surface area contributed by atoms with Gasteiger partial charge in [-0.15, -0.1) is 0 Å². The molecule has 2 bridgehead atoms. The minimum absolute atomic E-state index is 0.530. The van der Waals surface area contributed by atoms with Crippen molar-refractivity contribution in [3.63, 3.8) is 0 Å². The van der Waals surface area contributed by atoms with Crippen molar-refractivity contribution in [3.8, 4) is 0 Å². The van der Waals surface area contributed by atoms with E-state index in [1.807, 2.05) is 0 Å². The van der Waals surface area contributed by atoms with Crippen molar-refractivity contribution in [2.24, 2.45) is 17.3 Å². The highest BCUT2D eigenvalue weighted by Crippen LogP contribution is 2.55. The summed E-state index contributed by atoms with van der Waals surface area (Å²) in [5, 5.41) is 8.04. The van der Waals surface area contributed by atoms with Crippen LogP contribution >= 0.6 is 0 Å². The number of fused-ring (bicyclic) bond motifs is 6. The highest BCUT2D eigenvalue weighted by Gasteiger charge is 2.58. The average molecular weight is 318 g/mol. The topological polar surface area (TPSA) is 27.3 Å². The maximum absolute atomic E-state index is 4.04. The molecule has 2 N–H and O–H groups in total. The van der Waals surface area contributed by atoms with Crippen LogP contribution in [0, 0.1) is 17.3 Å². The van der Waals surface area contributed by atoms with Gasteiger partial charge in [0.05, 0.1) is 0 Å². The van der Waals surface area contributed by atoms with Gasteiger partial charge in [0.25, 0.3) is 0 Å². The van der Waals surface area contributed by atoms with Gasteiger partial charge in [0.2, 0.25) is 0 Å². The molecule has 5 fully saturated rings. The Morgan fingerprint density at radius 1 is 0.826 bits per heavy atom. The molecule has 130 valence electrons. The van der Waals surface area contributed by atoms with E-state index in [9.17, 15) is 0 Å². The molecule has 4 heterocycles. The molecule has 0 spiro atoms. The number of nitrogens with one attached hydrogen (secondary N) is 2. The van der Waals surface area contributed by atoms with E-state index in [4.69, 9.17) is 0 Å². The SMILES string of the molecule is C1CCC([C@@]23C[C@@H](C[C@H]4CCCN[C@H]42)[C@@H]2CCCCN2C3)NC1. The lowest BCUT2D eigenvalue weighted by molar-refractivity contribution is -0.117. The van der Waals surface area contributed by atoms with Gasteiger partial charge in [-0.05, 0) is 82.8 Å². The summed E-state index contributed by atoms with van der Waals surface area (Å²) >= 11 is 0. The van der Waals surface area contributed by atoms with Gasteiger partial charge in [0, 0.05) is 30.1 Å². The lowest BCUT2D eigenvalue weighted by Crippen LogP contribution is -2.72. The second kappa shape index (κ2) is 6.00. The van der Waals surface area contributed by atoms with Crippen LogP contribution < -0.4 is 10.6 Å². The zero-order valence-electron chi connectivity index (χ0n) is 14.7. The first-order chi connectivity index (χ1) is 11.4. The first-order valence-corrected chi connectivity index (χ1v) is 10.6. The highest BCUT2D eigenvalue weighted by atomic mass is 15.2. The standard InChI is InChI=1S/C20H35N3/c1-3-9-21-18(8-1)20-13-16(12-15-6-5-10-22-19(15)20)17-7-2-4-11-23(17)14-20/h15-19,21-22H,1-14H2/t15-,16-,17+,18?,19-,20+/m1/s1. The van der Waals surface area contributed by atoms with Crippen molar-refractivity contribution in [1.82, 2.24) is 15.5 Å². The van der Waals surface area contributed by atoms with Crippen molar-refractivity contribution in [2.75, 3.05) is 26.2 Å². The molecule has 0 radical (unpaired) electrons. The Hall–Kier alpha value is -0.120. The molecular weight excluding hydrogens is 282 g/mol. The molecule has 0 aromatic carbocycles. The molecule has 0 amide bonds. The van der Waals surface area contributed by atoms with E-state index in [0.29, 0.717) is 5.41 Å². The largest absolute Gasteiger partial charge is 0.313 e. The summed E-state index contributed by atoms with van der Waals surface area (Å²) in [5.41, 5.74) is 0.530. The van der Waals surface area contributed by atoms with Gasteiger partial charge in [-0.3, -0.25) is 4.90 Å². The third kappa shape index (κ3) is 2.41. The summed E-state index contributed by atoms with van der Waals surface area (Å²) in [4.78, 5) is 2.94. The van der Waals surface area contributed by atoms with Gasteiger partial charge in [-0.2, -0.15) is 0 Å². The molecule has 3 nitrogen and oxygen atoms in total. The van der Waals surface area contributed by atoms with E-state index in [2.05, 4.69) is 15.5 Å². The molecular formula is C20H35N3. The third-order valence-corrected chi connectivity index (χ3v) is 8.16. The maximum atomic E-state index is 4.04. The lowest BCUT2D eigenvalue weighted by Gasteiger charge is -2.64. The van der Waals surface area contributed by atoms with Crippen molar-refractivity contribution < 1.29 is 0 Å². The van der Waals surface area contributed by atoms with E-state index >= 15 is 0 Å². The van der Waals surface area contributed by atoms with Crippen LogP contribution in [0.5, 0.6) is 0 Å². The maximum Gasteiger partial charge on any atom is 0.0179 e. The first kappa shape index (κ1) is 15.2. The first-order valence-electron chi connectivity index (χ1n) is 10.6. The van der Waals surface area contributed by atoms with Gasteiger partial charge in [0.1, 0.15) is 0 Å². The van der Waals surface area contributed by atoms with E-state index in [0.717, 1.165) is 30.0 Å². The van der Waals surface area contributed by atoms with Gasteiger partial charge in [-0.1, -0.05) is 12.8 Å². The van der Waals surface area contributed by atoms with Crippen molar-refractivity contribution in [1.29, 1.82) is 0 Å². The van der Waals surface area contributed by atoms with E-state index < -0.39 is 0 Å². The lowest BCUT2D eigenvalue weighted by atomic mass is 9.52. The Balaban J connectivity index is 1.50. The van der Waals surface area contributed by atoms with Crippen molar-refractivity contribution in [3.05, 3.63) is 0 Å². The molecule has 4 aliphatic heterocycles. The molecule has 6 atom stereocenters. The molecule has 1 unspecified atom stereocenters. The molecule has 5 rings (SSSR count). The van der Waals surface area contributed by atoms with Gasteiger partial charge >= 0.3 is 0 Å². The average Bonchev–Trinajstić information content (AvgIpc) is 2.63. The normalized spacial score (nSPS) is 50.9. The van der Waals surface area contributed by atoms with Crippen LogP contribution in [0.3, 0.4) is 0 Å².